The zero-order valence-corrected chi connectivity index (χ0v) is 17.9. The second-order valence-corrected chi connectivity index (χ2v) is 9.26. The molecular weight excluding hydrogens is 402 g/mol. The van der Waals surface area contributed by atoms with Crippen LogP contribution in [0.2, 0.25) is 0 Å². The number of likely N-dealkylation sites (tertiary alicyclic amines) is 1. The van der Waals surface area contributed by atoms with Gasteiger partial charge in [-0.25, -0.2) is 8.42 Å². The van der Waals surface area contributed by atoms with E-state index in [2.05, 4.69) is 0 Å². The first-order valence-corrected chi connectivity index (χ1v) is 11.3. The van der Waals surface area contributed by atoms with Crippen LogP contribution in [-0.4, -0.2) is 63.9 Å². The molecule has 0 bridgehead atoms. The van der Waals surface area contributed by atoms with E-state index in [-0.39, 0.29) is 30.2 Å². The Balaban J connectivity index is 0.00000280. The van der Waals surface area contributed by atoms with Crippen molar-refractivity contribution in [2.24, 2.45) is 5.73 Å². The largest absolute Gasteiger partial charge is 0.378 e. The van der Waals surface area contributed by atoms with Crippen molar-refractivity contribution < 1.29 is 17.9 Å². The zero-order valence-electron chi connectivity index (χ0n) is 16.3. The van der Waals surface area contributed by atoms with Gasteiger partial charge in [-0.05, 0) is 62.9 Å². The van der Waals surface area contributed by atoms with Crippen LogP contribution in [0.25, 0.3) is 0 Å². The predicted octanol–water partition coefficient (Wildman–Crippen LogP) is 1.93. The van der Waals surface area contributed by atoms with Gasteiger partial charge in [-0.15, -0.1) is 12.4 Å². The molecule has 0 aromatic heterocycles. The fourth-order valence-electron chi connectivity index (χ4n) is 3.70. The lowest BCUT2D eigenvalue weighted by Crippen LogP contribution is -2.41. The summed E-state index contributed by atoms with van der Waals surface area (Å²) >= 11 is 0. The van der Waals surface area contributed by atoms with Crippen molar-refractivity contribution in [2.75, 3.05) is 42.8 Å². The topological polar surface area (TPSA) is 92.9 Å². The van der Waals surface area contributed by atoms with Gasteiger partial charge in [0.25, 0.3) is 5.91 Å². The van der Waals surface area contributed by atoms with Crippen LogP contribution in [0.4, 0.5) is 5.69 Å². The highest BCUT2D eigenvalue weighted by Gasteiger charge is 2.29. The van der Waals surface area contributed by atoms with Gasteiger partial charge in [0.15, 0.2) is 0 Å². The van der Waals surface area contributed by atoms with Gasteiger partial charge >= 0.3 is 0 Å². The molecule has 0 unspecified atom stereocenters. The molecule has 3 rings (SSSR count). The molecule has 2 N–H and O–H groups in total. The van der Waals surface area contributed by atoms with Crippen molar-refractivity contribution in [3.63, 3.8) is 0 Å². The molecular formula is C19H30ClN3O4S. The first kappa shape index (κ1) is 22.9. The number of rotatable bonds is 6. The van der Waals surface area contributed by atoms with Gasteiger partial charge in [-0.2, -0.15) is 0 Å². The molecule has 1 aromatic rings. The number of nitrogens with two attached hydrogens (primary N) is 1. The fourth-order valence-corrected chi connectivity index (χ4v) is 5.26. The lowest BCUT2D eigenvalue weighted by Gasteiger charge is -2.32. The van der Waals surface area contributed by atoms with Gasteiger partial charge in [0.2, 0.25) is 10.0 Å². The van der Waals surface area contributed by atoms with Gasteiger partial charge < -0.3 is 15.4 Å². The Morgan fingerprint density at radius 1 is 1.25 bits per heavy atom. The van der Waals surface area contributed by atoms with Gasteiger partial charge in [0.1, 0.15) is 0 Å². The summed E-state index contributed by atoms with van der Waals surface area (Å²) in [6.07, 6.45) is 3.37. The molecule has 7 nitrogen and oxygen atoms in total. The Hall–Kier alpha value is -1.35. The molecule has 0 radical (unpaired) electrons. The molecule has 2 aliphatic heterocycles. The van der Waals surface area contributed by atoms with Gasteiger partial charge in [-0.3, -0.25) is 9.10 Å². The smallest absolute Gasteiger partial charge is 0.254 e. The van der Waals surface area contributed by atoms with Crippen LogP contribution in [0.3, 0.4) is 0 Å². The number of sulfonamides is 1. The van der Waals surface area contributed by atoms with Crippen LogP contribution in [0.5, 0.6) is 0 Å². The average Bonchev–Trinajstić information content (AvgIpc) is 3.01. The highest BCUT2D eigenvalue weighted by atomic mass is 35.5. The summed E-state index contributed by atoms with van der Waals surface area (Å²) in [6.45, 7) is 5.02. The van der Waals surface area contributed by atoms with E-state index in [0.717, 1.165) is 24.8 Å². The minimum Gasteiger partial charge on any atom is -0.378 e. The molecule has 2 aliphatic rings. The number of piperidine rings is 1. The Bertz CT molecular complexity index is 779. The molecule has 158 valence electrons. The molecule has 2 fully saturated rings. The third-order valence-electron chi connectivity index (χ3n) is 5.26. The maximum Gasteiger partial charge on any atom is 0.254 e. The summed E-state index contributed by atoms with van der Waals surface area (Å²) < 4.78 is 31.4. The van der Waals surface area contributed by atoms with E-state index < -0.39 is 10.0 Å². The molecule has 28 heavy (non-hydrogen) atoms. The molecule has 0 saturated carbocycles. The van der Waals surface area contributed by atoms with Gasteiger partial charge in [0.05, 0.1) is 17.5 Å². The number of benzene rings is 1. The van der Waals surface area contributed by atoms with E-state index in [0.29, 0.717) is 50.5 Å². The SMILES string of the molecule is Cc1cc(N2CCCS2(=O)=O)ccc1C(=O)N1CCC(OCCCN)CC1.Cl. The van der Waals surface area contributed by atoms with Crippen molar-refractivity contribution in [1.29, 1.82) is 0 Å². The summed E-state index contributed by atoms with van der Waals surface area (Å²) in [5, 5.41) is 0. The van der Waals surface area contributed by atoms with Crippen molar-refractivity contribution in [1.82, 2.24) is 4.90 Å². The van der Waals surface area contributed by atoms with E-state index in [4.69, 9.17) is 10.5 Å². The number of aryl methyl sites for hydroxylation is 1. The quantitative estimate of drug-likeness (QED) is 0.694. The van der Waals surface area contributed by atoms with Crippen LogP contribution in [0, 0.1) is 6.92 Å². The Morgan fingerprint density at radius 3 is 2.54 bits per heavy atom. The van der Waals surface area contributed by atoms with E-state index in [1.165, 1.54) is 4.31 Å². The number of carbonyl (C=O) groups excluding carboxylic acids is 1. The standard InChI is InChI=1S/C19H29N3O4S.ClH/c1-15-14-16(22-9-3-13-27(22,24)25)4-5-18(15)19(23)21-10-6-17(7-11-21)26-12-2-8-20;/h4-5,14,17H,2-3,6-13,20H2,1H3;1H. The van der Waals surface area contributed by atoms with Crippen LogP contribution in [-0.2, 0) is 14.8 Å². The van der Waals surface area contributed by atoms with E-state index >= 15 is 0 Å². The normalized spacial score (nSPS) is 19.5. The Kier molecular flexibility index (Phi) is 8.12. The predicted molar refractivity (Wildman–Crippen MR) is 113 cm³/mol. The van der Waals surface area contributed by atoms with Gasteiger partial charge in [0, 0.05) is 31.8 Å². The highest BCUT2D eigenvalue weighted by Crippen LogP contribution is 2.27. The number of nitrogens with zero attached hydrogens (tertiary/aromatic N) is 2. The minimum atomic E-state index is -3.21. The van der Waals surface area contributed by atoms with Crippen molar-refractivity contribution >= 4 is 34.0 Å². The van der Waals surface area contributed by atoms with E-state index in [1.54, 1.807) is 18.2 Å². The fraction of sp³-hybridized carbons (Fsp3) is 0.632. The molecule has 9 heteroatoms. The van der Waals surface area contributed by atoms with E-state index in [1.807, 2.05) is 11.8 Å². The van der Waals surface area contributed by atoms with Crippen LogP contribution in [0.1, 0.15) is 41.6 Å². The maximum absolute atomic E-state index is 12.9. The van der Waals surface area contributed by atoms with Crippen molar-refractivity contribution in [2.45, 2.75) is 38.7 Å². The first-order valence-electron chi connectivity index (χ1n) is 9.64. The van der Waals surface area contributed by atoms with Crippen molar-refractivity contribution in [3.05, 3.63) is 29.3 Å². The summed E-state index contributed by atoms with van der Waals surface area (Å²) in [5.41, 5.74) is 7.57. The summed E-state index contributed by atoms with van der Waals surface area (Å²) in [6, 6.07) is 5.30. The monoisotopic (exact) mass is 431 g/mol. The minimum absolute atomic E-state index is 0. The number of anilines is 1. The summed E-state index contributed by atoms with van der Waals surface area (Å²) in [7, 11) is -3.21. The van der Waals surface area contributed by atoms with E-state index in [9.17, 15) is 13.2 Å². The zero-order chi connectivity index (χ0) is 19.4. The molecule has 0 aliphatic carbocycles. The second kappa shape index (κ2) is 9.91. The Morgan fingerprint density at radius 2 is 1.96 bits per heavy atom. The molecule has 1 amide bonds. The van der Waals surface area contributed by atoms with Crippen LogP contribution < -0.4 is 10.0 Å². The molecule has 2 saturated heterocycles. The highest BCUT2D eigenvalue weighted by molar-refractivity contribution is 7.93. The molecule has 0 spiro atoms. The van der Waals surface area contributed by atoms with Crippen LogP contribution in [0.15, 0.2) is 18.2 Å². The van der Waals surface area contributed by atoms with Gasteiger partial charge in [-0.1, -0.05) is 0 Å². The number of halogens is 1. The maximum atomic E-state index is 12.9. The third kappa shape index (κ3) is 5.17. The average molecular weight is 432 g/mol. The summed E-state index contributed by atoms with van der Waals surface area (Å²) in [4.78, 5) is 14.7. The van der Waals surface area contributed by atoms with Crippen molar-refractivity contribution in [3.8, 4) is 0 Å². The third-order valence-corrected chi connectivity index (χ3v) is 7.13. The van der Waals surface area contributed by atoms with Crippen LogP contribution >= 0.6 is 12.4 Å². The number of carbonyl (C=O) groups is 1. The lowest BCUT2D eigenvalue weighted by atomic mass is 10.0. The number of ether oxygens (including phenoxy) is 1. The molecule has 1 aromatic carbocycles. The molecule has 0 atom stereocenters. The second-order valence-electron chi connectivity index (χ2n) is 7.25. The number of hydrogen-bond acceptors (Lipinski definition) is 5. The first-order chi connectivity index (χ1) is 12.9. The lowest BCUT2D eigenvalue weighted by molar-refractivity contribution is 0.00843. The molecule has 2 heterocycles. The Labute approximate surface area is 173 Å². The number of hydrogen-bond donors (Lipinski definition) is 1. The summed E-state index contributed by atoms with van der Waals surface area (Å²) in [5.74, 6) is 0.193. The number of amides is 1.